The average Bonchev–Trinajstić information content (AvgIpc) is 3.70. The van der Waals surface area contributed by atoms with E-state index in [9.17, 15) is 34.2 Å². The molecule has 2 saturated carbocycles. The fourth-order valence-electron chi connectivity index (χ4n) is 9.89. The largest absolute Gasteiger partial charge is 0.467 e. The summed E-state index contributed by atoms with van der Waals surface area (Å²) in [7, 11) is 1.38. The molecule has 2 unspecified atom stereocenters. The van der Waals surface area contributed by atoms with Crippen molar-refractivity contribution in [2.24, 2.45) is 16.7 Å². The van der Waals surface area contributed by atoms with Gasteiger partial charge in [0, 0.05) is 39.2 Å². The summed E-state index contributed by atoms with van der Waals surface area (Å²) in [5, 5.41) is 27.7. The molecule has 11 atom stereocenters. The van der Waals surface area contributed by atoms with E-state index < -0.39 is 118 Å². The number of aliphatic hydroxyl groups is 2. The average molecular weight is 854 g/mol. The molecule has 3 N–H and O–H groups in total. The molecule has 1 aromatic carbocycles. The fraction of sp³-hybridized carbons (Fsp3) is 0.591. The second kappa shape index (κ2) is 16.3. The highest BCUT2D eigenvalue weighted by Crippen LogP contribution is 2.65. The summed E-state index contributed by atoms with van der Waals surface area (Å²) in [5.41, 5.74) is -8.16. The van der Waals surface area contributed by atoms with E-state index in [0.717, 1.165) is 6.92 Å². The smallest absolute Gasteiger partial charge is 0.408 e. The number of carbonyl (C=O) groups excluding carboxylic acids is 6. The van der Waals surface area contributed by atoms with E-state index in [1.807, 2.05) is 0 Å². The number of ether oxygens (including phenoxy) is 7. The lowest BCUT2D eigenvalue weighted by Crippen LogP contribution is -2.82. The highest BCUT2D eigenvalue weighted by molar-refractivity contribution is 5.95. The van der Waals surface area contributed by atoms with Gasteiger partial charge in [0.05, 0.1) is 35.9 Å². The van der Waals surface area contributed by atoms with Crippen molar-refractivity contribution < 1.29 is 76.6 Å². The first-order valence-electron chi connectivity index (χ1n) is 20.1. The Balaban J connectivity index is 1.55. The minimum absolute atomic E-state index is 0.0234. The molecule has 6 rings (SSSR count). The zero-order chi connectivity index (χ0) is 45.0. The van der Waals surface area contributed by atoms with Crippen LogP contribution in [0.15, 0.2) is 64.3 Å². The Bertz CT molecular complexity index is 2070. The van der Waals surface area contributed by atoms with Crippen LogP contribution < -0.4 is 5.32 Å². The van der Waals surface area contributed by atoms with Gasteiger partial charge >= 0.3 is 30.0 Å². The molecule has 1 aliphatic heterocycles. The van der Waals surface area contributed by atoms with Gasteiger partial charge in [0.1, 0.15) is 41.3 Å². The van der Waals surface area contributed by atoms with Crippen molar-refractivity contribution in [1.82, 2.24) is 5.32 Å². The van der Waals surface area contributed by atoms with Crippen LogP contribution in [-0.4, -0.2) is 113 Å². The molecular weight excluding hydrogens is 798 g/mol. The maximum Gasteiger partial charge on any atom is 0.408 e. The third kappa shape index (κ3) is 7.85. The van der Waals surface area contributed by atoms with Crippen LogP contribution in [0.4, 0.5) is 4.79 Å². The summed E-state index contributed by atoms with van der Waals surface area (Å²) in [6.07, 6.45) is -9.28. The number of furan rings is 1. The van der Waals surface area contributed by atoms with E-state index in [2.05, 4.69) is 5.32 Å². The molecule has 2 bridgehead atoms. The molecule has 1 saturated heterocycles. The van der Waals surface area contributed by atoms with Gasteiger partial charge in [-0.1, -0.05) is 32.0 Å². The molecule has 1 aromatic heterocycles. The summed E-state index contributed by atoms with van der Waals surface area (Å²) in [4.78, 5) is 83.1. The first-order chi connectivity index (χ1) is 28.4. The Morgan fingerprint density at radius 1 is 0.951 bits per heavy atom. The molecule has 0 radical (unpaired) electrons. The Kier molecular flexibility index (Phi) is 12.1. The van der Waals surface area contributed by atoms with E-state index in [1.54, 1.807) is 59.7 Å². The zero-order valence-electron chi connectivity index (χ0n) is 36.0. The Labute approximate surface area is 353 Å². The molecule has 4 aliphatic rings. The van der Waals surface area contributed by atoms with Crippen LogP contribution in [0.3, 0.4) is 0 Å². The number of Topliss-reactive ketones (excluding diaryl/α,β-unsaturated/α-hetero) is 1. The lowest BCUT2D eigenvalue weighted by atomic mass is 9.44. The standard InChI is InChI=1S/C44H55NO16/c1-22-27(58-38(51)32(48)31(26-17-14-18-55-26)45-39(52)61-40(4,5)6)20-44(53)36(59-37(50)25-15-12-11-13-16-25)34-42(9,35(49)33(57-23(2)46)30(22)41(44,7)8)28(54-10)19-29-43(34,21-56-29)60-24(3)47/h11-18,27-29,31-34,36,48,53H,19-21H2,1-10H3,(H,45,52)/t27-,28-,29+,31-,32+,33+,34?,36?,42+,43-,44+/m0/s1. The maximum absolute atomic E-state index is 15.7. The number of esters is 4. The van der Waals surface area contributed by atoms with Gasteiger partial charge in [-0.2, -0.15) is 0 Å². The first-order valence-corrected chi connectivity index (χ1v) is 20.1. The minimum Gasteiger partial charge on any atom is -0.467 e. The molecule has 2 heterocycles. The van der Waals surface area contributed by atoms with Gasteiger partial charge in [0.25, 0.3) is 0 Å². The van der Waals surface area contributed by atoms with Gasteiger partial charge < -0.3 is 53.1 Å². The Morgan fingerprint density at radius 3 is 2.16 bits per heavy atom. The van der Waals surface area contributed by atoms with E-state index in [-0.39, 0.29) is 35.5 Å². The number of alkyl carbamates (subject to hydrolysis) is 1. The molecule has 3 aliphatic carbocycles. The second-order valence-corrected chi connectivity index (χ2v) is 18.0. The van der Waals surface area contributed by atoms with Gasteiger partial charge in [0.2, 0.25) is 0 Å². The Hall–Kier alpha value is -5.10. The number of nitrogens with one attached hydrogen (secondary N) is 1. The highest BCUT2D eigenvalue weighted by atomic mass is 16.6. The summed E-state index contributed by atoms with van der Waals surface area (Å²) in [6.45, 7) is 13.1. The van der Waals surface area contributed by atoms with Crippen molar-refractivity contribution in [1.29, 1.82) is 0 Å². The molecule has 0 spiro atoms. The van der Waals surface area contributed by atoms with Crippen LogP contribution in [0, 0.1) is 16.7 Å². The van der Waals surface area contributed by atoms with Crippen LogP contribution in [0.5, 0.6) is 0 Å². The summed E-state index contributed by atoms with van der Waals surface area (Å²) in [6, 6.07) is 9.29. The lowest BCUT2D eigenvalue weighted by molar-refractivity contribution is -0.347. The fourth-order valence-corrected chi connectivity index (χ4v) is 9.89. The number of hydrogen-bond acceptors (Lipinski definition) is 16. The summed E-state index contributed by atoms with van der Waals surface area (Å²) in [5.74, 6) is -5.99. The molecule has 61 heavy (non-hydrogen) atoms. The van der Waals surface area contributed by atoms with Gasteiger partial charge in [-0.3, -0.25) is 14.4 Å². The predicted molar refractivity (Wildman–Crippen MR) is 210 cm³/mol. The molecule has 17 nitrogen and oxygen atoms in total. The van der Waals surface area contributed by atoms with Crippen molar-refractivity contribution in [3.8, 4) is 0 Å². The van der Waals surface area contributed by atoms with Gasteiger partial charge in [0.15, 0.2) is 23.6 Å². The highest BCUT2D eigenvalue weighted by Gasteiger charge is 2.78. The number of ketones is 1. The molecule has 3 fully saturated rings. The van der Waals surface area contributed by atoms with Gasteiger partial charge in [-0.05, 0) is 70.0 Å². The van der Waals surface area contributed by atoms with Crippen molar-refractivity contribution in [3.05, 3.63) is 71.2 Å². The van der Waals surface area contributed by atoms with Crippen LogP contribution in [0.25, 0.3) is 0 Å². The normalized spacial score (nSPS) is 32.6. The van der Waals surface area contributed by atoms with Crippen molar-refractivity contribution >= 4 is 35.8 Å². The molecule has 332 valence electrons. The van der Waals surface area contributed by atoms with Crippen molar-refractivity contribution in [2.75, 3.05) is 13.7 Å². The number of benzene rings is 1. The predicted octanol–water partition coefficient (Wildman–Crippen LogP) is 4.08. The third-order valence-electron chi connectivity index (χ3n) is 12.8. The summed E-state index contributed by atoms with van der Waals surface area (Å²) >= 11 is 0. The van der Waals surface area contributed by atoms with Crippen LogP contribution in [0.2, 0.25) is 0 Å². The minimum atomic E-state index is -2.36. The number of aliphatic hydroxyl groups excluding tert-OH is 1. The molecular formula is C44H55NO16. The molecule has 17 heteroatoms. The van der Waals surface area contributed by atoms with Crippen molar-refractivity contribution in [2.45, 2.75) is 135 Å². The zero-order valence-corrected chi connectivity index (χ0v) is 36.0. The molecule has 1 amide bonds. The number of carbonyl (C=O) groups is 6. The molecule has 2 aromatic rings. The van der Waals surface area contributed by atoms with E-state index >= 15 is 4.79 Å². The topological polar surface area (TPSA) is 233 Å². The second-order valence-electron chi connectivity index (χ2n) is 18.0. The van der Waals surface area contributed by atoms with Crippen molar-refractivity contribution in [3.63, 3.8) is 0 Å². The van der Waals surface area contributed by atoms with Gasteiger partial charge in [-0.15, -0.1) is 0 Å². The first kappa shape index (κ1) is 45.4. The van der Waals surface area contributed by atoms with Crippen LogP contribution >= 0.6 is 0 Å². The van der Waals surface area contributed by atoms with Crippen LogP contribution in [-0.2, 0) is 52.3 Å². The van der Waals surface area contributed by atoms with Gasteiger partial charge in [-0.25, -0.2) is 14.4 Å². The van der Waals surface area contributed by atoms with E-state index in [1.165, 1.54) is 51.5 Å². The number of hydrogen-bond donors (Lipinski definition) is 3. The van der Waals surface area contributed by atoms with E-state index in [0.29, 0.717) is 0 Å². The summed E-state index contributed by atoms with van der Waals surface area (Å²) < 4.78 is 47.3. The quantitative estimate of drug-likeness (QED) is 0.174. The number of amides is 1. The SMILES string of the molecule is CO[C@H]1C[C@H]2OC[C@@]2(OC(C)=O)C2C(OC(=O)c3ccccc3)[C@]3(O)C[C@H](OC(=O)[C@H](O)[C@@H](NC(=O)OC(C)(C)C)c4ccco4)C(C)=C([C@@H](OC(C)=O)C(=O)[C@@]21C)C3(C)C. The lowest BCUT2D eigenvalue weighted by Gasteiger charge is -2.67. The van der Waals surface area contributed by atoms with Crippen LogP contribution in [0.1, 0.15) is 97.3 Å². The third-order valence-corrected chi connectivity index (χ3v) is 12.8. The number of fused-ring (bicyclic) bond motifs is 5. The maximum atomic E-state index is 15.7. The number of methoxy groups -OCH3 is 1. The van der Waals surface area contributed by atoms with E-state index in [4.69, 9.17) is 37.6 Å². The number of rotatable bonds is 10. The monoisotopic (exact) mass is 853 g/mol. The Morgan fingerprint density at radius 2 is 1.62 bits per heavy atom.